The van der Waals surface area contributed by atoms with Crippen LogP contribution in [0, 0.1) is 11.3 Å². The minimum Gasteiger partial charge on any atom is -0.497 e. The largest absolute Gasteiger partial charge is 0.497 e. The van der Waals surface area contributed by atoms with E-state index in [-0.39, 0.29) is 11.6 Å². The van der Waals surface area contributed by atoms with Gasteiger partial charge in [-0.25, -0.2) is 0 Å². The summed E-state index contributed by atoms with van der Waals surface area (Å²) in [6.45, 7) is 2.05. The van der Waals surface area contributed by atoms with Crippen molar-refractivity contribution in [3.8, 4) is 23.3 Å². The molecule has 4 rings (SSSR count). The molecular weight excluding hydrogens is 448 g/mol. The number of aromatic nitrogens is 1. The molecule has 1 fully saturated rings. The Morgan fingerprint density at radius 2 is 1.77 bits per heavy atom. The number of piperazine rings is 1. The highest BCUT2D eigenvalue weighted by Crippen LogP contribution is 2.29. The molecule has 0 radical (unpaired) electrons. The molecule has 9 nitrogen and oxygen atoms in total. The number of methoxy groups -OCH3 is 3. The van der Waals surface area contributed by atoms with E-state index >= 15 is 0 Å². The average Bonchev–Trinajstić information content (AvgIpc) is 3.34. The molecule has 0 spiro atoms. The summed E-state index contributed by atoms with van der Waals surface area (Å²) < 4.78 is 21.7. The van der Waals surface area contributed by atoms with Crippen molar-refractivity contribution >= 4 is 23.9 Å². The van der Waals surface area contributed by atoms with Gasteiger partial charge in [0.05, 0.1) is 21.3 Å². The summed E-state index contributed by atoms with van der Waals surface area (Å²) in [5.74, 6) is 2.57. The number of carbonyl (C=O) groups is 1. The van der Waals surface area contributed by atoms with Crippen molar-refractivity contribution in [1.82, 2.24) is 9.88 Å². The molecule has 0 saturated carbocycles. The molecule has 2 heterocycles. The molecule has 0 N–H and O–H groups in total. The summed E-state index contributed by atoms with van der Waals surface area (Å²) >= 11 is 0. The highest BCUT2D eigenvalue weighted by Gasteiger charge is 2.26. The van der Waals surface area contributed by atoms with Crippen LogP contribution in [-0.4, -0.2) is 63.3 Å². The molecule has 3 aromatic rings. The van der Waals surface area contributed by atoms with E-state index in [9.17, 15) is 10.1 Å². The van der Waals surface area contributed by atoms with Gasteiger partial charge in [-0.1, -0.05) is 12.1 Å². The molecule has 0 bridgehead atoms. The first-order valence-electron chi connectivity index (χ1n) is 11.1. The zero-order valence-corrected chi connectivity index (χ0v) is 19.9. The fourth-order valence-electron chi connectivity index (χ4n) is 3.86. The number of hydrogen-bond acceptors (Lipinski definition) is 8. The third-order valence-corrected chi connectivity index (χ3v) is 5.73. The maximum absolute atomic E-state index is 12.9. The van der Waals surface area contributed by atoms with Gasteiger partial charge in [-0.05, 0) is 42.0 Å². The van der Waals surface area contributed by atoms with E-state index in [4.69, 9.17) is 18.6 Å². The van der Waals surface area contributed by atoms with Crippen LogP contribution in [0.25, 0.3) is 12.2 Å². The molecule has 180 valence electrons. The summed E-state index contributed by atoms with van der Waals surface area (Å²) in [5.41, 5.74) is 1.66. The predicted molar refractivity (Wildman–Crippen MR) is 131 cm³/mol. The van der Waals surface area contributed by atoms with Crippen molar-refractivity contribution in [2.24, 2.45) is 0 Å². The van der Waals surface area contributed by atoms with Crippen LogP contribution in [-0.2, 0) is 0 Å². The van der Waals surface area contributed by atoms with Crippen molar-refractivity contribution < 1.29 is 23.4 Å². The molecule has 1 saturated heterocycles. The number of anilines is 1. The van der Waals surface area contributed by atoms with Gasteiger partial charge in [0, 0.05) is 37.8 Å². The van der Waals surface area contributed by atoms with E-state index in [2.05, 4.69) is 11.1 Å². The standard InChI is InChI=1S/C26H26N4O5/c1-32-20-6-4-5-19(16-20)25(31)29-11-13-30(14-12-29)26-21(17-27)28-24(35-26)10-8-18-7-9-22(33-2)23(15-18)34-3/h4-10,15-16H,11-14H2,1-3H3/b10-8+. The van der Waals surface area contributed by atoms with Crippen LogP contribution in [0.15, 0.2) is 46.9 Å². The Balaban J connectivity index is 1.44. The second-order valence-electron chi connectivity index (χ2n) is 7.78. The number of amides is 1. The van der Waals surface area contributed by atoms with E-state index in [0.29, 0.717) is 60.8 Å². The van der Waals surface area contributed by atoms with E-state index < -0.39 is 0 Å². The minimum atomic E-state index is -0.0554. The number of benzene rings is 2. The second-order valence-corrected chi connectivity index (χ2v) is 7.78. The second kappa shape index (κ2) is 10.7. The Morgan fingerprint density at radius 1 is 1.00 bits per heavy atom. The molecule has 9 heteroatoms. The summed E-state index contributed by atoms with van der Waals surface area (Å²) in [6, 6.07) is 14.7. The molecule has 1 amide bonds. The number of carbonyl (C=O) groups excluding carboxylic acids is 1. The van der Waals surface area contributed by atoms with Gasteiger partial charge in [0.2, 0.25) is 17.5 Å². The topological polar surface area (TPSA) is 101 Å². The molecule has 1 aliphatic heterocycles. The number of ether oxygens (including phenoxy) is 3. The first kappa shape index (κ1) is 23.7. The summed E-state index contributed by atoms with van der Waals surface area (Å²) in [5, 5.41) is 9.58. The zero-order chi connectivity index (χ0) is 24.8. The first-order chi connectivity index (χ1) is 17.1. The molecule has 1 aromatic heterocycles. The van der Waals surface area contributed by atoms with E-state index in [1.54, 1.807) is 56.6 Å². The lowest BCUT2D eigenvalue weighted by molar-refractivity contribution is 0.0745. The lowest BCUT2D eigenvalue weighted by Crippen LogP contribution is -2.48. The molecule has 0 atom stereocenters. The maximum atomic E-state index is 12.9. The van der Waals surface area contributed by atoms with Crippen LogP contribution in [0.3, 0.4) is 0 Å². The lowest BCUT2D eigenvalue weighted by Gasteiger charge is -2.34. The van der Waals surface area contributed by atoms with E-state index in [0.717, 1.165) is 5.56 Å². The van der Waals surface area contributed by atoms with E-state index in [1.165, 1.54) is 0 Å². The van der Waals surface area contributed by atoms with Crippen molar-refractivity contribution in [2.75, 3.05) is 52.4 Å². The van der Waals surface area contributed by atoms with Gasteiger partial charge >= 0.3 is 0 Å². The van der Waals surface area contributed by atoms with Crippen molar-refractivity contribution in [3.63, 3.8) is 0 Å². The van der Waals surface area contributed by atoms with Crippen LogP contribution in [0.2, 0.25) is 0 Å². The third kappa shape index (κ3) is 5.22. The predicted octanol–water partition coefficient (Wildman–Crippen LogP) is 3.70. The van der Waals surface area contributed by atoms with Gasteiger partial charge in [0.15, 0.2) is 11.5 Å². The van der Waals surface area contributed by atoms with Gasteiger partial charge < -0.3 is 28.4 Å². The van der Waals surface area contributed by atoms with Crippen molar-refractivity contribution in [3.05, 3.63) is 65.2 Å². The number of nitrogens with zero attached hydrogens (tertiary/aromatic N) is 4. The van der Waals surface area contributed by atoms with Crippen LogP contribution in [0.1, 0.15) is 27.5 Å². The smallest absolute Gasteiger partial charge is 0.254 e. The third-order valence-electron chi connectivity index (χ3n) is 5.73. The Hall–Kier alpha value is -4.45. The van der Waals surface area contributed by atoms with Crippen molar-refractivity contribution in [1.29, 1.82) is 5.26 Å². The molecule has 35 heavy (non-hydrogen) atoms. The first-order valence-corrected chi connectivity index (χ1v) is 11.1. The van der Waals surface area contributed by atoms with Crippen molar-refractivity contribution in [2.45, 2.75) is 0 Å². The van der Waals surface area contributed by atoms with Gasteiger partial charge in [0.25, 0.3) is 5.91 Å². The zero-order valence-electron chi connectivity index (χ0n) is 19.9. The molecule has 0 unspecified atom stereocenters. The molecule has 1 aliphatic rings. The van der Waals surface area contributed by atoms with Gasteiger partial charge in [-0.3, -0.25) is 4.79 Å². The highest BCUT2D eigenvalue weighted by atomic mass is 16.5. The normalized spacial score (nSPS) is 13.5. The van der Waals surface area contributed by atoms with Crippen LogP contribution < -0.4 is 19.1 Å². The SMILES string of the molecule is COc1cccc(C(=O)N2CCN(c3oc(/C=C/c4ccc(OC)c(OC)c4)nc3C#N)CC2)c1. The molecular formula is C26H26N4O5. The Bertz CT molecular complexity index is 1270. The average molecular weight is 475 g/mol. The monoisotopic (exact) mass is 474 g/mol. The number of hydrogen-bond donors (Lipinski definition) is 0. The highest BCUT2D eigenvalue weighted by molar-refractivity contribution is 5.94. The Kier molecular flexibility index (Phi) is 7.21. The molecule has 2 aromatic carbocycles. The van der Waals surface area contributed by atoms with Crippen LogP contribution >= 0.6 is 0 Å². The maximum Gasteiger partial charge on any atom is 0.254 e. The van der Waals surface area contributed by atoms with Crippen LogP contribution in [0.4, 0.5) is 5.88 Å². The van der Waals surface area contributed by atoms with Crippen LogP contribution in [0.5, 0.6) is 17.2 Å². The van der Waals surface area contributed by atoms with Gasteiger partial charge in [-0.15, -0.1) is 0 Å². The van der Waals surface area contributed by atoms with Gasteiger partial charge in [0.1, 0.15) is 11.8 Å². The summed E-state index contributed by atoms with van der Waals surface area (Å²) in [7, 11) is 4.73. The number of nitriles is 1. The fourth-order valence-corrected chi connectivity index (χ4v) is 3.86. The van der Waals surface area contributed by atoms with E-state index in [1.807, 2.05) is 29.2 Å². The lowest BCUT2D eigenvalue weighted by atomic mass is 10.1. The molecule has 0 aliphatic carbocycles. The summed E-state index contributed by atoms with van der Waals surface area (Å²) in [6.07, 6.45) is 3.53. The summed E-state index contributed by atoms with van der Waals surface area (Å²) in [4.78, 5) is 20.9. The Labute approximate surface area is 203 Å². The number of oxazole rings is 1. The fraction of sp³-hybridized carbons (Fsp3) is 0.269. The minimum absolute atomic E-state index is 0.0554. The Morgan fingerprint density at radius 3 is 2.46 bits per heavy atom. The number of rotatable bonds is 7. The van der Waals surface area contributed by atoms with Gasteiger partial charge in [-0.2, -0.15) is 10.2 Å². The quantitative estimate of drug-likeness (QED) is 0.511.